The number of rotatable bonds is 9. The average Bonchev–Trinajstić information content (AvgIpc) is 2.78. The van der Waals surface area contributed by atoms with E-state index in [4.69, 9.17) is 43.6 Å². The van der Waals surface area contributed by atoms with Crippen LogP contribution < -0.4 is 27.8 Å². The Hall–Kier alpha value is -4.84. The maximum atomic E-state index is 13.7. The van der Waals surface area contributed by atoms with E-state index < -0.39 is 7.82 Å². The van der Waals surface area contributed by atoms with Crippen LogP contribution in [-0.4, -0.2) is 0 Å². The number of nitriles is 3. The van der Waals surface area contributed by atoms with E-state index in [1.807, 2.05) is 0 Å². The maximum absolute atomic E-state index is 13.7. The molecular weight excluding hydrogens is 437 g/mol. The van der Waals surface area contributed by atoms with Gasteiger partial charge in [-0.15, -0.1) is 15.8 Å². The Kier molecular flexibility index (Phi) is 7.01. The number of hydrogen-bond donors (Lipinski definition) is 0. The second-order valence-electron chi connectivity index (χ2n) is 5.64. The second kappa shape index (κ2) is 10.3. The number of ether oxygens (including phenoxy) is 3. The van der Waals surface area contributed by atoms with Crippen LogP contribution >= 0.6 is 7.82 Å². The monoisotopic (exact) mass is 449 g/mol. The smallest absolute Gasteiger partial charge is 0.384 e. The molecule has 0 spiro atoms. The Bertz CT molecular complexity index is 1120. The van der Waals surface area contributed by atoms with E-state index in [1.165, 1.54) is 55.2 Å². The summed E-state index contributed by atoms with van der Waals surface area (Å²) in [6.45, 7) is 0. The summed E-state index contributed by atoms with van der Waals surface area (Å²) in [5.41, 5.74) is 0. The van der Waals surface area contributed by atoms with Crippen molar-refractivity contribution in [2.24, 2.45) is 0 Å². The minimum Gasteiger partial charge on any atom is -0.384 e. The van der Waals surface area contributed by atoms with E-state index in [0.29, 0.717) is 0 Å². The molecule has 0 aromatic heterocycles. The molecule has 0 bridgehead atoms. The molecule has 0 fully saturated rings. The zero-order valence-electron chi connectivity index (χ0n) is 16.1. The number of nitrogens with zero attached hydrogens (tertiary/aromatic N) is 3. The van der Waals surface area contributed by atoms with E-state index in [-0.39, 0.29) is 34.5 Å². The molecule has 10 nitrogen and oxygen atoms in total. The zero-order valence-corrected chi connectivity index (χ0v) is 17.0. The number of benzene rings is 3. The van der Waals surface area contributed by atoms with Gasteiger partial charge in [0.05, 0.1) is 0 Å². The van der Waals surface area contributed by atoms with E-state index in [1.54, 1.807) is 36.4 Å². The van der Waals surface area contributed by atoms with Crippen molar-refractivity contribution in [1.82, 2.24) is 0 Å². The second-order valence-corrected chi connectivity index (χ2v) is 7.08. The molecular formula is C21H12N3O7P. The average molecular weight is 449 g/mol. The van der Waals surface area contributed by atoms with Crippen LogP contribution in [0.5, 0.6) is 34.5 Å². The van der Waals surface area contributed by atoms with Crippen LogP contribution in [0.4, 0.5) is 0 Å². The van der Waals surface area contributed by atoms with Crippen molar-refractivity contribution in [3.8, 4) is 53.3 Å². The van der Waals surface area contributed by atoms with Crippen LogP contribution in [0, 0.1) is 34.6 Å². The van der Waals surface area contributed by atoms with Crippen molar-refractivity contribution in [3.63, 3.8) is 0 Å². The highest BCUT2D eigenvalue weighted by Crippen LogP contribution is 2.54. The number of hydrogen-bond acceptors (Lipinski definition) is 10. The fourth-order valence-electron chi connectivity index (χ4n) is 2.39. The van der Waals surface area contributed by atoms with E-state index in [9.17, 15) is 4.57 Å². The Morgan fingerprint density at radius 1 is 0.500 bits per heavy atom. The summed E-state index contributed by atoms with van der Waals surface area (Å²) >= 11 is 0. The normalized spacial score (nSPS) is 9.91. The van der Waals surface area contributed by atoms with Gasteiger partial charge < -0.3 is 27.8 Å². The Morgan fingerprint density at radius 2 is 0.750 bits per heavy atom. The lowest BCUT2D eigenvalue weighted by atomic mass is 10.3. The number of phosphoric ester groups is 1. The third-order valence-electron chi connectivity index (χ3n) is 3.64. The minimum atomic E-state index is -4.61. The number of phosphoric acid groups is 1. The molecule has 0 unspecified atom stereocenters. The van der Waals surface area contributed by atoms with Gasteiger partial charge in [0.15, 0.2) is 34.5 Å². The summed E-state index contributed by atoms with van der Waals surface area (Å²) in [4.78, 5) is 0. The lowest BCUT2D eigenvalue weighted by Crippen LogP contribution is -2.09. The molecule has 3 aromatic carbocycles. The zero-order chi connectivity index (χ0) is 22.8. The van der Waals surface area contributed by atoms with Gasteiger partial charge in [-0.2, -0.15) is 4.57 Å². The molecule has 0 N–H and O–H groups in total. The Morgan fingerprint density at radius 3 is 1.00 bits per heavy atom. The molecule has 0 radical (unpaired) electrons. The third kappa shape index (κ3) is 5.40. The van der Waals surface area contributed by atoms with Gasteiger partial charge in [0.1, 0.15) is 0 Å². The van der Waals surface area contributed by atoms with E-state index in [0.717, 1.165) is 0 Å². The fourth-order valence-corrected chi connectivity index (χ4v) is 3.68. The first-order chi connectivity index (χ1) is 15.6. The molecule has 3 aromatic rings. The van der Waals surface area contributed by atoms with Gasteiger partial charge in [0.25, 0.3) is 18.8 Å². The van der Waals surface area contributed by atoms with Crippen LogP contribution in [0.3, 0.4) is 0 Å². The van der Waals surface area contributed by atoms with Gasteiger partial charge in [-0.1, -0.05) is 36.4 Å². The van der Waals surface area contributed by atoms with Crippen LogP contribution in [0.25, 0.3) is 0 Å². The highest BCUT2D eigenvalue weighted by molar-refractivity contribution is 7.49. The molecule has 3 rings (SSSR count). The first kappa shape index (κ1) is 21.9. The molecule has 0 aliphatic rings. The van der Waals surface area contributed by atoms with Gasteiger partial charge in [0, 0.05) is 0 Å². The number of para-hydroxylation sites is 6. The van der Waals surface area contributed by atoms with Crippen molar-refractivity contribution >= 4 is 7.82 Å². The molecule has 0 atom stereocenters. The summed E-state index contributed by atoms with van der Waals surface area (Å²) < 4.78 is 44.7. The van der Waals surface area contributed by atoms with Crippen molar-refractivity contribution in [3.05, 3.63) is 72.8 Å². The molecule has 0 aliphatic heterocycles. The SMILES string of the molecule is N#COc1ccccc1OP(=O)(Oc1ccccc1OC#N)Oc1ccccc1OC#N. The fraction of sp³-hybridized carbons (Fsp3) is 0. The molecule has 11 heteroatoms. The molecule has 32 heavy (non-hydrogen) atoms. The molecule has 0 amide bonds. The first-order valence-electron chi connectivity index (χ1n) is 8.72. The Labute approximate surface area is 182 Å². The van der Waals surface area contributed by atoms with Gasteiger partial charge in [0.2, 0.25) is 0 Å². The van der Waals surface area contributed by atoms with Crippen molar-refractivity contribution in [2.45, 2.75) is 0 Å². The van der Waals surface area contributed by atoms with Gasteiger partial charge in [-0.3, -0.25) is 0 Å². The summed E-state index contributed by atoms with van der Waals surface area (Å²) in [5, 5.41) is 26.6. The lowest BCUT2D eigenvalue weighted by Gasteiger charge is -2.21. The quantitative estimate of drug-likeness (QED) is 0.326. The topological polar surface area (TPSA) is 144 Å². The Balaban J connectivity index is 2.04. The maximum Gasteiger partial charge on any atom is 0.647 e. The summed E-state index contributed by atoms with van der Waals surface area (Å²) in [7, 11) is -4.61. The van der Waals surface area contributed by atoms with Crippen molar-refractivity contribution < 1.29 is 32.3 Å². The van der Waals surface area contributed by atoms with Crippen LogP contribution in [0.15, 0.2) is 72.8 Å². The highest BCUT2D eigenvalue weighted by atomic mass is 31.2. The van der Waals surface area contributed by atoms with Gasteiger partial charge in [-0.25, -0.2) is 0 Å². The van der Waals surface area contributed by atoms with Crippen LogP contribution in [0.2, 0.25) is 0 Å². The standard InChI is InChI=1S/C21H12N3O7P/c22-13-26-16-7-1-4-10-19(16)29-32(25,30-20-11-5-2-8-17(20)27-14-23)31-21-12-6-3-9-18(21)28-15-24/h1-12H. The van der Waals surface area contributed by atoms with E-state index in [2.05, 4.69) is 0 Å². The van der Waals surface area contributed by atoms with Crippen molar-refractivity contribution in [1.29, 1.82) is 15.8 Å². The van der Waals surface area contributed by atoms with Crippen molar-refractivity contribution in [2.75, 3.05) is 0 Å². The van der Waals surface area contributed by atoms with Gasteiger partial charge in [-0.05, 0) is 36.4 Å². The van der Waals surface area contributed by atoms with Gasteiger partial charge >= 0.3 is 7.82 Å². The summed E-state index contributed by atoms with van der Waals surface area (Å²) in [5.74, 6) is -0.541. The largest absolute Gasteiger partial charge is 0.647 e. The third-order valence-corrected chi connectivity index (χ3v) is 4.91. The molecule has 0 aliphatic carbocycles. The predicted molar refractivity (Wildman–Crippen MR) is 108 cm³/mol. The summed E-state index contributed by atoms with van der Waals surface area (Å²) in [6, 6.07) is 17.7. The molecule has 0 heterocycles. The molecule has 158 valence electrons. The summed E-state index contributed by atoms with van der Waals surface area (Å²) in [6.07, 6.45) is 4.49. The van der Waals surface area contributed by atoms with E-state index >= 15 is 0 Å². The van der Waals surface area contributed by atoms with Crippen LogP contribution in [-0.2, 0) is 4.57 Å². The minimum absolute atomic E-state index is 0.0504. The lowest BCUT2D eigenvalue weighted by molar-refractivity contribution is 0.286. The molecule has 0 saturated carbocycles. The highest BCUT2D eigenvalue weighted by Gasteiger charge is 2.36. The van der Waals surface area contributed by atoms with Crippen LogP contribution in [0.1, 0.15) is 0 Å². The molecule has 0 saturated heterocycles. The predicted octanol–water partition coefficient (Wildman–Crippen LogP) is 4.91. The first-order valence-corrected chi connectivity index (χ1v) is 10.2.